The van der Waals surface area contributed by atoms with Gasteiger partial charge in [0.2, 0.25) is 0 Å². The average Bonchev–Trinajstić information content (AvgIpc) is 2.82. The van der Waals surface area contributed by atoms with E-state index in [0.717, 1.165) is 11.8 Å². The Hall–Kier alpha value is -1.78. The van der Waals surface area contributed by atoms with E-state index < -0.39 is 56.9 Å². The van der Waals surface area contributed by atoms with Crippen LogP contribution in [-0.2, 0) is 23.4 Å². The van der Waals surface area contributed by atoms with Crippen molar-refractivity contribution in [2.24, 2.45) is 0 Å². The van der Waals surface area contributed by atoms with Crippen LogP contribution in [0.3, 0.4) is 0 Å². The number of nitrogens with zero attached hydrogens (tertiary/aromatic N) is 1. The molecule has 0 bridgehead atoms. The second-order valence-corrected chi connectivity index (χ2v) is 8.40. The Morgan fingerprint density at radius 3 is 2.79 bits per heavy atom. The van der Waals surface area contributed by atoms with E-state index in [2.05, 4.69) is 17.0 Å². The van der Waals surface area contributed by atoms with E-state index in [1.807, 2.05) is 0 Å². The highest BCUT2D eigenvalue weighted by Gasteiger charge is 2.57. The highest BCUT2D eigenvalue weighted by atomic mass is 31.1. The van der Waals surface area contributed by atoms with Crippen molar-refractivity contribution in [2.75, 3.05) is 6.61 Å². The summed E-state index contributed by atoms with van der Waals surface area (Å²) in [7, 11) is -2.91. The van der Waals surface area contributed by atoms with E-state index in [4.69, 9.17) is 14.0 Å². The Bertz CT molecular complexity index is 715. The maximum atomic E-state index is 15.1. The number of carbonyl (C=O) groups is 2. The highest BCUT2D eigenvalue weighted by Crippen LogP contribution is 2.38. The third-order valence-electron chi connectivity index (χ3n) is 4.33. The number of nitrogens with one attached hydrogen (secondary N) is 2. The zero-order valence-corrected chi connectivity index (χ0v) is 17.7. The minimum atomic E-state index is -2.91. The molecular formula is C17H27FN3O7P. The second kappa shape index (κ2) is 9.36. The number of hydrogen-bond donors (Lipinski definition) is 3. The van der Waals surface area contributed by atoms with Gasteiger partial charge in [0.25, 0.3) is 8.18 Å². The molecule has 1 unspecified atom stereocenters. The molecule has 2 rings (SSSR count). The van der Waals surface area contributed by atoms with E-state index in [0.29, 0.717) is 5.70 Å². The van der Waals surface area contributed by atoms with Gasteiger partial charge in [0.15, 0.2) is 11.9 Å². The van der Waals surface area contributed by atoms with E-state index >= 15 is 4.39 Å². The molecule has 6 atom stereocenters. The normalized spacial score (nSPS) is 31.7. The number of rotatable bonds is 8. The van der Waals surface area contributed by atoms with Crippen molar-refractivity contribution >= 4 is 20.2 Å². The van der Waals surface area contributed by atoms with Gasteiger partial charge in [-0.1, -0.05) is 6.58 Å². The maximum Gasteiger partial charge on any atom is 0.328 e. The Morgan fingerprint density at radius 2 is 2.21 bits per heavy atom. The van der Waals surface area contributed by atoms with E-state index in [-0.39, 0.29) is 6.10 Å². The molecule has 0 spiro atoms. The predicted molar refractivity (Wildman–Crippen MR) is 102 cm³/mol. The molecule has 0 aromatic rings. The van der Waals surface area contributed by atoms with Crippen molar-refractivity contribution in [3.63, 3.8) is 0 Å². The first-order valence-corrected chi connectivity index (χ1v) is 10.4. The van der Waals surface area contributed by atoms with Crippen LogP contribution in [0.15, 0.2) is 24.6 Å². The van der Waals surface area contributed by atoms with Gasteiger partial charge in [-0.05, 0) is 33.8 Å². The van der Waals surface area contributed by atoms with Crippen molar-refractivity contribution < 1.29 is 37.6 Å². The number of allylic oxidation sites excluding steroid dienone is 1. The maximum absolute atomic E-state index is 15.1. The first-order chi connectivity index (χ1) is 13.4. The van der Waals surface area contributed by atoms with Gasteiger partial charge in [0.1, 0.15) is 18.2 Å². The largest absolute Gasteiger partial charge is 0.462 e. The van der Waals surface area contributed by atoms with Crippen molar-refractivity contribution in [3.8, 4) is 0 Å². The number of aliphatic hydroxyl groups excluding tert-OH is 1. The molecule has 2 aliphatic heterocycles. The molecule has 0 saturated carbocycles. The molecule has 1 fully saturated rings. The van der Waals surface area contributed by atoms with Gasteiger partial charge in [-0.15, -0.1) is 0 Å². The number of urea groups is 1. The molecule has 3 N–H and O–H groups in total. The van der Waals surface area contributed by atoms with Gasteiger partial charge in [0, 0.05) is 11.9 Å². The fraction of sp³-hybridized carbons (Fsp3) is 0.647. The number of hydrogen-bond acceptors (Lipinski definition) is 7. The van der Waals surface area contributed by atoms with Crippen molar-refractivity contribution in [1.29, 1.82) is 0 Å². The van der Waals surface area contributed by atoms with Crippen LogP contribution in [-0.4, -0.2) is 64.9 Å². The number of amides is 2. The molecule has 0 aliphatic carbocycles. The number of halogens is 1. The standard InChI is InChI=1S/C17H27FN3O7P/c1-9(2)27-14(23)11(4)20-29(25)26-8-12-13(22)17(5,18)15(28-12)21-7-6-10(3)19-16(21)24/h6-7,9,11-13,15,22,29H,3,8H2,1-2,4-5H3,(H,19,24)(H,20,25)/t11-,12+,13+,15+,17+/m0/s1. The van der Waals surface area contributed by atoms with E-state index in [1.165, 1.54) is 19.2 Å². The summed E-state index contributed by atoms with van der Waals surface area (Å²) < 4.78 is 42.7. The molecular weight excluding hydrogens is 408 g/mol. The number of carbonyl (C=O) groups excluding carboxylic acids is 2. The fourth-order valence-corrected chi connectivity index (χ4v) is 3.66. The summed E-state index contributed by atoms with van der Waals surface area (Å²) in [5, 5.41) is 15.1. The number of esters is 1. The predicted octanol–water partition coefficient (Wildman–Crippen LogP) is 1.19. The van der Waals surface area contributed by atoms with Crippen LogP contribution in [0.1, 0.15) is 27.7 Å². The lowest BCUT2D eigenvalue weighted by atomic mass is 9.98. The van der Waals surface area contributed by atoms with Crippen LogP contribution in [0.25, 0.3) is 0 Å². The quantitative estimate of drug-likeness (QED) is 0.383. The van der Waals surface area contributed by atoms with Gasteiger partial charge >= 0.3 is 12.0 Å². The van der Waals surface area contributed by atoms with Crippen LogP contribution < -0.4 is 10.4 Å². The van der Waals surface area contributed by atoms with Gasteiger partial charge in [-0.3, -0.25) is 14.3 Å². The summed E-state index contributed by atoms with van der Waals surface area (Å²) in [5.74, 6) is -0.597. The van der Waals surface area contributed by atoms with Gasteiger partial charge in [-0.25, -0.2) is 14.3 Å². The molecule has 1 saturated heterocycles. The van der Waals surface area contributed by atoms with Crippen LogP contribution in [0.2, 0.25) is 0 Å². The highest BCUT2D eigenvalue weighted by molar-refractivity contribution is 7.36. The first kappa shape index (κ1) is 23.5. The molecule has 29 heavy (non-hydrogen) atoms. The van der Waals surface area contributed by atoms with Crippen LogP contribution in [0, 0.1) is 0 Å². The smallest absolute Gasteiger partial charge is 0.328 e. The monoisotopic (exact) mass is 435 g/mol. The third-order valence-corrected chi connectivity index (χ3v) is 5.42. The average molecular weight is 435 g/mol. The molecule has 12 heteroatoms. The summed E-state index contributed by atoms with van der Waals surface area (Å²) in [4.78, 5) is 24.8. The number of ether oxygens (including phenoxy) is 2. The van der Waals surface area contributed by atoms with Gasteiger partial charge in [0.05, 0.1) is 12.7 Å². The topological polar surface area (TPSA) is 126 Å². The summed E-state index contributed by atoms with van der Waals surface area (Å²) in [6.45, 7) is 9.07. The Balaban J connectivity index is 1.94. The third kappa shape index (κ3) is 5.64. The minimum Gasteiger partial charge on any atom is -0.462 e. The fourth-order valence-electron chi connectivity index (χ4n) is 2.79. The Kier molecular flexibility index (Phi) is 7.58. The van der Waals surface area contributed by atoms with Gasteiger partial charge < -0.3 is 24.4 Å². The zero-order chi connectivity index (χ0) is 21.9. The minimum absolute atomic E-state index is 0.325. The zero-order valence-electron chi connectivity index (χ0n) is 16.7. The summed E-state index contributed by atoms with van der Waals surface area (Å²) in [6.07, 6.45) is -1.82. The lowest BCUT2D eigenvalue weighted by molar-refractivity contribution is -0.149. The first-order valence-electron chi connectivity index (χ1n) is 9.06. The van der Waals surface area contributed by atoms with Crippen LogP contribution in [0.4, 0.5) is 9.18 Å². The lowest BCUT2D eigenvalue weighted by Gasteiger charge is -2.33. The molecule has 2 aliphatic rings. The van der Waals surface area contributed by atoms with Gasteiger partial charge in [-0.2, -0.15) is 0 Å². The lowest BCUT2D eigenvalue weighted by Crippen LogP contribution is -2.53. The van der Waals surface area contributed by atoms with Crippen LogP contribution in [0.5, 0.6) is 0 Å². The molecule has 10 nitrogen and oxygen atoms in total. The Labute approximate surface area is 169 Å². The van der Waals surface area contributed by atoms with Crippen molar-refractivity contribution in [2.45, 2.75) is 63.9 Å². The van der Waals surface area contributed by atoms with Crippen molar-refractivity contribution in [1.82, 2.24) is 15.3 Å². The van der Waals surface area contributed by atoms with E-state index in [9.17, 15) is 19.3 Å². The molecule has 2 heterocycles. The second-order valence-electron chi connectivity index (χ2n) is 7.25. The molecule has 0 radical (unpaired) electrons. The van der Waals surface area contributed by atoms with Crippen LogP contribution >= 0.6 is 8.18 Å². The SMILES string of the molecule is C=C1C=CN([C@@H]2O[C@H](CO[PH](=O)N[C@@H](C)C(=O)OC(C)C)[C@@H](O)[C@@]2(C)F)C(=O)N1. The molecule has 2 amide bonds. The molecule has 164 valence electrons. The molecule has 0 aromatic heterocycles. The summed E-state index contributed by atoms with van der Waals surface area (Å²) in [5.41, 5.74) is -1.98. The van der Waals surface area contributed by atoms with Crippen molar-refractivity contribution in [3.05, 3.63) is 24.6 Å². The summed E-state index contributed by atoms with van der Waals surface area (Å²) in [6, 6.07) is -1.54. The number of aliphatic hydroxyl groups is 1. The van der Waals surface area contributed by atoms with E-state index in [1.54, 1.807) is 13.8 Å². The molecule has 0 aromatic carbocycles. The Morgan fingerprint density at radius 1 is 1.55 bits per heavy atom. The summed E-state index contributed by atoms with van der Waals surface area (Å²) >= 11 is 0. The number of alkyl halides is 1.